The third-order valence-electron chi connectivity index (χ3n) is 2.47. The topological polar surface area (TPSA) is 112 Å². The van der Waals surface area contributed by atoms with Crippen LogP contribution in [0.15, 0.2) is 4.52 Å². The van der Waals surface area contributed by atoms with Crippen LogP contribution in [-0.4, -0.2) is 38.8 Å². The lowest BCUT2D eigenvalue weighted by molar-refractivity contribution is 0.118. The van der Waals surface area contributed by atoms with Crippen molar-refractivity contribution in [1.82, 2.24) is 15.0 Å². The molecular weight excluding hydrogens is 198 g/mol. The number of aryl methyl sites for hydroxylation is 1. The molecule has 82 valence electrons. The van der Waals surface area contributed by atoms with Gasteiger partial charge in [-0.2, -0.15) is 4.98 Å². The van der Waals surface area contributed by atoms with E-state index in [1.807, 2.05) is 0 Å². The minimum absolute atomic E-state index is 0.0904. The van der Waals surface area contributed by atoms with Gasteiger partial charge in [-0.25, -0.2) is 0 Å². The molecule has 0 amide bonds. The zero-order valence-electron chi connectivity index (χ0n) is 8.34. The zero-order chi connectivity index (χ0) is 11.0. The minimum atomic E-state index is -0.617. The molecule has 1 aromatic heterocycles. The third kappa shape index (κ3) is 1.65. The molecule has 4 N–H and O–H groups in total. The van der Waals surface area contributed by atoms with E-state index in [1.165, 1.54) is 0 Å². The maximum Gasteiger partial charge on any atom is 0.252 e. The first-order valence-electron chi connectivity index (χ1n) is 4.68. The molecule has 0 aliphatic carbocycles. The van der Waals surface area contributed by atoms with Crippen molar-refractivity contribution in [3.63, 3.8) is 0 Å². The van der Waals surface area contributed by atoms with E-state index in [1.54, 1.807) is 11.8 Å². The summed E-state index contributed by atoms with van der Waals surface area (Å²) in [5.74, 6) is 0.729. The van der Waals surface area contributed by atoms with Crippen LogP contribution < -0.4 is 5.73 Å². The number of nitrogens with one attached hydrogen (secondary N) is 1. The van der Waals surface area contributed by atoms with Gasteiger partial charge in [0.05, 0.1) is 6.10 Å². The highest BCUT2D eigenvalue weighted by Crippen LogP contribution is 2.30. The highest BCUT2D eigenvalue weighted by atomic mass is 16.5. The minimum Gasteiger partial charge on any atom is -0.390 e. The number of aliphatic hydroxyl groups is 1. The van der Waals surface area contributed by atoms with Gasteiger partial charge in [0, 0.05) is 6.54 Å². The number of hydrogen-bond donors (Lipinski definition) is 3. The van der Waals surface area contributed by atoms with E-state index in [4.69, 9.17) is 15.7 Å². The molecule has 1 aliphatic heterocycles. The molecule has 1 aliphatic rings. The lowest BCUT2D eigenvalue weighted by atomic mass is 10.2. The summed E-state index contributed by atoms with van der Waals surface area (Å²) in [4.78, 5) is 5.60. The van der Waals surface area contributed by atoms with Gasteiger partial charge in [0.2, 0.25) is 0 Å². The van der Waals surface area contributed by atoms with Crippen LogP contribution in [0.3, 0.4) is 0 Å². The molecule has 15 heavy (non-hydrogen) atoms. The highest BCUT2D eigenvalue weighted by molar-refractivity contribution is 5.75. The maximum absolute atomic E-state index is 9.75. The number of rotatable bonds is 1. The Hall–Kier alpha value is -1.63. The van der Waals surface area contributed by atoms with E-state index < -0.39 is 12.1 Å². The van der Waals surface area contributed by atoms with Crippen LogP contribution in [0.2, 0.25) is 0 Å². The second kappa shape index (κ2) is 3.50. The fourth-order valence-electron chi connectivity index (χ4n) is 1.78. The summed E-state index contributed by atoms with van der Waals surface area (Å²) in [6.07, 6.45) is -0.0696. The van der Waals surface area contributed by atoms with Crippen molar-refractivity contribution < 1.29 is 9.63 Å². The Kier molecular flexibility index (Phi) is 2.31. The number of aliphatic hydroxyl groups excluding tert-OH is 1. The molecule has 1 unspecified atom stereocenters. The Bertz CT molecular complexity index is 377. The van der Waals surface area contributed by atoms with Crippen molar-refractivity contribution >= 4 is 5.96 Å². The van der Waals surface area contributed by atoms with Crippen molar-refractivity contribution in [2.45, 2.75) is 25.5 Å². The molecule has 0 bridgehead atoms. The predicted molar refractivity (Wildman–Crippen MR) is 51.0 cm³/mol. The largest absolute Gasteiger partial charge is 0.390 e. The highest BCUT2D eigenvalue weighted by Gasteiger charge is 2.38. The predicted octanol–water partition coefficient (Wildman–Crippen LogP) is -0.621. The van der Waals surface area contributed by atoms with Crippen molar-refractivity contribution in [3.8, 4) is 0 Å². The molecule has 0 saturated carbocycles. The monoisotopic (exact) mass is 211 g/mol. The summed E-state index contributed by atoms with van der Waals surface area (Å²) in [5.41, 5.74) is 5.40. The van der Waals surface area contributed by atoms with E-state index in [0.29, 0.717) is 24.7 Å². The second-order valence-electron chi connectivity index (χ2n) is 3.56. The van der Waals surface area contributed by atoms with Crippen LogP contribution >= 0.6 is 0 Å². The van der Waals surface area contributed by atoms with E-state index >= 15 is 0 Å². The van der Waals surface area contributed by atoms with Crippen molar-refractivity contribution in [1.29, 1.82) is 5.41 Å². The summed E-state index contributed by atoms with van der Waals surface area (Å²) in [7, 11) is 0. The Morgan fingerprint density at radius 2 is 2.47 bits per heavy atom. The van der Waals surface area contributed by atoms with Crippen LogP contribution in [0.25, 0.3) is 0 Å². The number of likely N-dealkylation sites (tertiary alicyclic amines) is 1. The molecule has 1 aromatic rings. The normalized spacial score (nSPS) is 25.9. The Morgan fingerprint density at radius 1 is 1.73 bits per heavy atom. The first-order valence-corrected chi connectivity index (χ1v) is 4.68. The average molecular weight is 211 g/mol. The van der Waals surface area contributed by atoms with Crippen LogP contribution in [0.5, 0.6) is 0 Å². The average Bonchev–Trinajstić information content (AvgIpc) is 2.71. The molecule has 0 aromatic carbocycles. The fraction of sp³-hybridized carbons (Fsp3) is 0.625. The van der Waals surface area contributed by atoms with Crippen LogP contribution in [0.4, 0.5) is 0 Å². The summed E-state index contributed by atoms with van der Waals surface area (Å²) in [5, 5.41) is 20.8. The van der Waals surface area contributed by atoms with Gasteiger partial charge in [-0.15, -0.1) is 0 Å². The fourth-order valence-corrected chi connectivity index (χ4v) is 1.78. The molecule has 2 rings (SSSR count). The second-order valence-corrected chi connectivity index (χ2v) is 3.56. The molecule has 2 heterocycles. The quantitative estimate of drug-likeness (QED) is 0.421. The Morgan fingerprint density at radius 3 is 3.00 bits per heavy atom. The summed E-state index contributed by atoms with van der Waals surface area (Å²) >= 11 is 0. The van der Waals surface area contributed by atoms with Crippen molar-refractivity contribution in [3.05, 3.63) is 11.7 Å². The standard InChI is InChI=1S/C8H13N5O2/c1-4-11-7(15-12-4)6-5(14)2-3-13(6)8(9)10/h5-6,14H,2-3H2,1H3,(H3,9,10)/t5?,6-/m0/s1. The lowest BCUT2D eigenvalue weighted by Gasteiger charge is -2.22. The van der Waals surface area contributed by atoms with Gasteiger partial charge in [-0.05, 0) is 13.3 Å². The molecule has 0 spiro atoms. The van der Waals surface area contributed by atoms with Crippen LogP contribution in [0.1, 0.15) is 24.2 Å². The molecule has 2 atom stereocenters. The van der Waals surface area contributed by atoms with E-state index in [0.717, 1.165) is 0 Å². The van der Waals surface area contributed by atoms with Gasteiger partial charge in [-0.3, -0.25) is 5.41 Å². The van der Waals surface area contributed by atoms with Gasteiger partial charge in [0.1, 0.15) is 6.04 Å². The number of nitrogens with two attached hydrogens (primary N) is 1. The SMILES string of the molecule is Cc1noc([C@@H]2C(O)CCN2C(=N)N)n1. The number of guanidine groups is 1. The first-order chi connectivity index (χ1) is 7.09. The molecule has 7 heteroatoms. The van der Waals surface area contributed by atoms with E-state index in [9.17, 15) is 5.11 Å². The van der Waals surface area contributed by atoms with E-state index in [-0.39, 0.29) is 5.96 Å². The Labute approximate surface area is 86.4 Å². The molecule has 1 saturated heterocycles. The molecular formula is C8H13N5O2. The van der Waals surface area contributed by atoms with Gasteiger partial charge >= 0.3 is 0 Å². The zero-order valence-corrected chi connectivity index (χ0v) is 8.34. The number of nitrogens with zero attached hydrogens (tertiary/aromatic N) is 3. The third-order valence-corrected chi connectivity index (χ3v) is 2.47. The smallest absolute Gasteiger partial charge is 0.252 e. The first kappa shape index (κ1) is 9.91. The molecule has 7 nitrogen and oxygen atoms in total. The van der Waals surface area contributed by atoms with E-state index in [2.05, 4.69) is 10.1 Å². The van der Waals surface area contributed by atoms with Gasteiger partial charge in [0.25, 0.3) is 5.89 Å². The lowest BCUT2D eigenvalue weighted by Crippen LogP contribution is -2.37. The summed E-state index contributed by atoms with van der Waals surface area (Å²) < 4.78 is 4.98. The van der Waals surface area contributed by atoms with Crippen molar-refractivity contribution in [2.75, 3.05) is 6.54 Å². The van der Waals surface area contributed by atoms with Gasteiger partial charge < -0.3 is 20.3 Å². The molecule has 1 fully saturated rings. The summed E-state index contributed by atoms with van der Waals surface area (Å²) in [6.45, 7) is 2.23. The van der Waals surface area contributed by atoms with Crippen LogP contribution in [0, 0.1) is 12.3 Å². The van der Waals surface area contributed by atoms with Gasteiger partial charge in [-0.1, -0.05) is 5.16 Å². The summed E-state index contributed by atoms with van der Waals surface area (Å²) in [6, 6.07) is -0.483. The number of hydrogen-bond acceptors (Lipinski definition) is 5. The van der Waals surface area contributed by atoms with Crippen molar-refractivity contribution in [2.24, 2.45) is 5.73 Å². The Balaban J connectivity index is 2.28. The molecule has 0 radical (unpaired) electrons. The van der Waals surface area contributed by atoms with Crippen LogP contribution in [-0.2, 0) is 0 Å². The number of aromatic nitrogens is 2. The maximum atomic E-state index is 9.75. The van der Waals surface area contributed by atoms with Gasteiger partial charge in [0.15, 0.2) is 11.8 Å².